The number of methoxy groups -OCH3 is 2. The second-order valence-corrected chi connectivity index (χ2v) is 6.19. The molecule has 0 radical (unpaired) electrons. The number of rotatable bonds is 6. The van der Waals surface area contributed by atoms with Gasteiger partial charge >= 0.3 is 0 Å². The topological polar surface area (TPSA) is 90.7 Å². The average molecular weight is 399 g/mol. The maximum atomic E-state index is 12.6. The van der Waals surface area contributed by atoms with Crippen LogP contribution < -0.4 is 14.8 Å². The Hall–Kier alpha value is -2.51. The van der Waals surface area contributed by atoms with Crippen molar-refractivity contribution in [1.82, 2.24) is 5.32 Å². The Labute approximate surface area is 160 Å². The fraction of sp³-hybridized carbons (Fsp3) is 0.235. The summed E-state index contributed by atoms with van der Waals surface area (Å²) in [7, 11) is 2.73. The summed E-state index contributed by atoms with van der Waals surface area (Å²) in [6.45, 7) is 1.71. The number of benzene rings is 2. The number of nitrogens with one attached hydrogen (secondary N) is 1. The van der Waals surface area contributed by atoms with E-state index in [0.717, 1.165) is 6.07 Å². The lowest BCUT2D eigenvalue weighted by Crippen LogP contribution is -2.27. The normalized spacial score (nSPS) is 11.6. The molecule has 1 atom stereocenters. The summed E-state index contributed by atoms with van der Waals surface area (Å²) in [6.07, 6.45) is 0. The van der Waals surface area contributed by atoms with Crippen molar-refractivity contribution in [3.63, 3.8) is 0 Å². The Morgan fingerprint density at radius 1 is 1.15 bits per heavy atom. The second kappa shape index (κ2) is 8.25. The van der Waals surface area contributed by atoms with Crippen LogP contribution in [0.15, 0.2) is 30.3 Å². The number of nitro benzene ring substituents is 1. The van der Waals surface area contributed by atoms with Gasteiger partial charge in [0.15, 0.2) is 11.5 Å². The van der Waals surface area contributed by atoms with E-state index in [0.29, 0.717) is 15.6 Å². The number of nitro groups is 1. The van der Waals surface area contributed by atoms with Crippen molar-refractivity contribution in [2.24, 2.45) is 0 Å². The molecule has 0 unspecified atom stereocenters. The molecule has 0 aromatic heterocycles. The molecule has 0 aliphatic heterocycles. The molecule has 1 amide bonds. The highest BCUT2D eigenvalue weighted by atomic mass is 35.5. The van der Waals surface area contributed by atoms with Crippen LogP contribution in [0.5, 0.6) is 11.5 Å². The lowest BCUT2D eigenvalue weighted by atomic mass is 10.1. The zero-order chi connectivity index (χ0) is 19.4. The molecule has 0 aliphatic rings. The van der Waals surface area contributed by atoms with Crippen LogP contribution in [0.25, 0.3) is 0 Å². The second-order valence-electron chi connectivity index (χ2n) is 5.34. The minimum Gasteiger partial charge on any atom is -0.493 e. The number of amides is 1. The molecule has 0 saturated carbocycles. The quantitative estimate of drug-likeness (QED) is 0.574. The fourth-order valence-corrected chi connectivity index (χ4v) is 2.98. The first kappa shape index (κ1) is 19.8. The zero-order valence-corrected chi connectivity index (χ0v) is 15.7. The third-order valence-electron chi connectivity index (χ3n) is 3.72. The Bertz CT molecular complexity index is 857. The van der Waals surface area contributed by atoms with Gasteiger partial charge in [-0.05, 0) is 24.6 Å². The van der Waals surface area contributed by atoms with E-state index in [2.05, 4.69) is 5.32 Å². The van der Waals surface area contributed by atoms with Crippen LogP contribution in [0.3, 0.4) is 0 Å². The van der Waals surface area contributed by atoms with Crippen LogP contribution in [0.4, 0.5) is 5.69 Å². The van der Waals surface area contributed by atoms with Gasteiger partial charge in [-0.15, -0.1) is 0 Å². The Kier molecular flexibility index (Phi) is 6.28. The number of ether oxygens (including phenoxy) is 2. The zero-order valence-electron chi connectivity index (χ0n) is 14.2. The van der Waals surface area contributed by atoms with Crippen molar-refractivity contribution in [2.45, 2.75) is 13.0 Å². The van der Waals surface area contributed by atoms with Crippen LogP contribution in [0.2, 0.25) is 10.0 Å². The predicted molar refractivity (Wildman–Crippen MR) is 98.5 cm³/mol. The van der Waals surface area contributed by atoms with Gasteiger partial charge in [0.1, 0.15) is 5.56 Å². The van der Waals surface area contributed by atoms with Crippen LogP contribution in [-0.4, -0.2) is 25.1 Å². The maximum Gasteiger partial charge on any atom is 0.286 e. The summed E-state index contributed by atoms with van der Waals surface area (Å²) in [6, 6.07) is 6.79. The molecule has 2 aromatic carbocycles. The van der Waals surface area contributed by atoms with Gasteiger partial charge in [0.05, 0.1) is 31.3 Å². The number of carbonyl (C=O) groups excluding carboxylic acids is 1. The molecule has 1 N–H and O–H groups in total. The Morgan fingerprint density at radius 2 is 1.77 bits per heavy atom. The van der Waals surface area contributed by atoms with Gasteiger partial charge in [-0.3, -0.25) is 14.9 Å². The van der Waals surface area contributed by atoms with Gasteiger partial charge in [-0.1, -0.05) is 29.3 Å². The fourth-order valence-electron chi connectivity index (χ4n) is 2.41. The number of halogens is 2. The van der Waals surface area contributed by atoms with E-state index in [9.17, 15) is 14.9 Å². The monoisotopic (exact) mass is 398 g/mol. The van der Waals surface area contributed by atoms with Crippen LogP contribution >= 0.6 is 23.2 Å². The number of carbonyl (C=O) groups is 1. The highest BCUT2D eigenvalue weighted by Gasteiger charge is 2.26. The third-order valence-corrected chi connectivity index (χ3v) is 4.28. The summed E-state index contributed by atoms with van der Waals surface area (Å²) in [5.41, 5.74) is 0.0895. The van der Waals surface area contributed by atoms with Gasteiger partial charge in [0, 0.05) is 16.1 Å². The van der Waals surface area contributed by atoms with Crippen molar-refractivity contribution < 1.29 is 19.2 Å². The van der Waals surface area contributed by atoms with Gasteiger partial charge in [-0.2, -0.15) is 0 Å². The smallest absolute Gasteiger partial charge is 0.286 e. The number of nitrogens with zero attached hydrogens (tertiary/aromatic N) is 1. The molecule has 0 bridgehead atoms. The minimum atomic E-state index is -0.656. The molecule has 0 spiro atoms. The van der Waals surface area contributed by atoms with E-state index in [-0.39, 0.29) is 17.1 Å². The van der Waals surface area contributed by atoms with E-state index in [1.54, 1.807) is 25.1 Å². The summed E-state index contributed by atoms with van der Waals surface area (Å²) < 4.78 is 10.2. The van der Waals surface area contributed by atoms with Crippen molar-refractivity contribution in [1.29, 1.82) is 0 Å². The van der Waals surface area contributed by atoms with Crippen LogP contribution in [0.1, 0.15) is 28.9 Å². The molecular weight excluding hydrogens is 383 g/mol. The van der Waals surface area contributed by atoms with E-state index in [4.69, 9.17) is 32.7 Å². The molecular formula is C17H16Cl2N2O5. The molecule has 7 nitrogen and oxygen atoms in total. The minimum absolute atomic E-state index is 0.149. The van der Waals surface area contributed by atoms with Crippen LogP contribution in [0, 0.1) is 10.1 Å². The van der Waals surface area contributed by atoms with E-state index >= 15 is 0 Å². The van der Waals surface area contributed by atoms with Gasteiger partial charge in [0.2, 0.25) is 0 Å². The average Bonchev–Trinajstić information content (AvgIpc) is 2.59. The Balaban J connectivity index is 2.37. The van der Waals surface area contributed by atoms with Gasteiger partial charge in [0.25, 0.3) is 11.6 Å². The van der Waals surface area contributed by atoms with Crippen molar-refractivity contribution >= 4 is 34.8 Å². The molecule has 0 heterocycles. The first-order valence-electron chi connectivity index (χ1n) is 7.44. The highest BCUT2D eigenvalue weighted by Crippen LogP contribution is 2.35. The first-order valence-corrected chi connectivity index (χ1v) is 8.20. The lowest BCUT2D eigenvalue weighted by Gasteiger charge is -2.17. The SMILES string of the molecule is COc1cc(C(=O)N[C@H](C)c2ccc(Cl)cc2Cl)c([N+](=O)[O-])cc1OC. The highest BCUT2D eigenvalue weighted by molar-refractivity contribution is 6.35. The van der Waals surface area contributed by atoms with Crippen molar-refractivity contribution in [2.75, 3.05) is 14.2 Å². The first-order chi connectivity index (χ1) is 12.3. The largest absolute Gasteiger partial charge is 0.493 e. The molecule has 0 saturated heterocycles. The summed E-state index contributed by atoms with van der Waals surface area (Å²) in [4.78, 5) is 23.3. The van der Waals surface area contributed by atoms with Crippen LogP contribution in [-0.2, 0) is 0 Å². The maximum absolute atomic E-state index is 12.6. The number of hydrogen-bond acceptors (Lipinski definition) is 5. The molecule has 2 rings (SSSR count). The van der Waals surface area contributed by atoms with E-state index in [1.807, 2.05) is 0 Å². The molecule has 0 aliphatic carbocycles. The summed E-state index contributed by atoms with van der Waals surface area (Å²) >= 11 is 12.0. The van der Waals surface area contributed by atoms with Gasteiger partial charge < -0.3 is 14.8 Å². The molecule has 26 heavy (non-hydrogen) atoms. The summed E-state index contributed by atoms with van der Waals surface area (Å²) in [5.74, 6) is -0.277. The number of hydrogen-bond donors (Lipinski definition) is 1. The third kappa shape index (κ3) is 4.17. The molecule has 2 aromatic rings. The standard InChI is InChI=1S/C17H16Cl2N2O5/c1-9(11-5-4-10(18)6-13(11)19)20-17(22)12-7-15(25-2)16(26-3)8-14(12)21(23)24/h4-9H,1-3H3,(H,20,22)/t9-/m1/s1. The van der Waals surface area contributed by atoms with E-state index < -0.39 is 22.6 Å². The Morgan fingerprint density at radius 3 is 2.31 bits per heavy atom. The van der Waals surface area contributed by atoms with Crippen molar-refractivity contribution in [3.8, 4) is 11.5 Å². The van der Waals surface area contributed by atoms with Crippen molar-refractivity contribution in [3.05, 3.63) is 61.6 Å². The van der Waals surface area contributed by atoms with E-state index in [1.165, 1.54) is 20.3 Å². The van der Waals surface area contributed by atoms with Gasteiger partial charge in [-0.25, -0.2) is 0 Å². The molecule has 0 fully saturated rings. The molecule has 9 heteroatoms. The summed E-state index contributed by atoms with van der Waals surface area (Å²) in [5, 5.41) is 14.9. The lowest BCUT2D eigenvalue weighted by molar-refractivity contribution is -0.385. The predicted octanol–water partition coefficient (Wildman–Crippen LogP) is 4.41. The molecule has 138 valence electrons.